The number of hydrogen-bond acceptors (Lipinski definition) is 5. The highest BCUT2D eigenvalue weighted by Gasteiger charge is 2.23. The van der Waals surface area contributed by atoms with Crippen LogP contribution in [0.4, 0.5) is 0 Å². The Morgan fingerprint density at radius 3 is 2.48 bits per heavy atom. The quantitative estimate of drug-likeness (QED) is 0.687. The summed E-state index contributed by atoms with van der Waals surface area (Å²) >= 11 is 12.2. The molecule has 3 rings (SSSR count). The predicted octanol–water partition coefficient (Wildman–Crippen LogP) is 4.82. The Morgan fingerprint density at radius 1 is 1.04 bits per heavy atom. The normalized spacial score (nSPS) is 10.8. The van der Waals surface area contributed by atoms with E-state index >= 15 is 0 Å². The van der Waals surface area contributed by atoms with Gasteiger partial charge in [0.05, 0.1) is 37.0 Å². The molecule has 1 N–H and O–H groups in total. The highest BCUT2D eigenvalue weighted by atomic mass is 35.5. The van der Waals surface area contributed by atoms with Gasteiger partial charge in [0.2, 0.25) is 0 Å². The molecule has 5 nitrogen and oxygen atoms in total. The average molecular weight is 380 g/mol. The fourth-order valence-electron chi connectivity index (χ4n) is 2.55. The summed E-state index contributed by atoms with van der Waals surface area (Å²) < 4.78 is 16.2. The van der Waals surface area contributed by atoms with Gasteiger partial charge in [0.25, 0.3) is 0 Å². The zero-order valence-corrected chi connectivity index (χ0v) is 15.1. The van der Waals surface area contributed by atoms with Gasteiger partial charge in [-0.3, -0.25) is 0 Å². The van der Waals surface area contributed by atoms with Gasteiger partial charge >= 0.3 is 0 Å². The van der Waals surface area contributed by atoms with Gasteiger partial charge in [0, 0.05) is 10.6 Å². The van der Waals surface area contributed by atoms with Gasteiger partial charge in [-0.25, -0.2) is 0 Å². The van der Waals surface area contributed by atoms with E-state index in [4.69, 9.17) is 37.2 Å². The first-order valence-electron chi connectivity index (χ1n) is 7.36. The second kappa shape index (κ2) is 7.35. The lowest BCUT2D eigenvalue weighted by atomic mass is 10.0. The Morgan fingerprint density at radius 2 is 1.84 bits per heavy atom. The summed E-state index contributed by atoms with van der Waals surface area (Å²) in [6, 6.07) is 10.3. The van der Waals surface area contributed by atoms with E-state index in [9.17, 15) is 5.11 Å². The van der Waals surface area contributed by atoms with Gasteiger partial charge < -0.3 is 19.1 Å². The van der Waals surface area contributed by atoms with Crippen LogP contribution in [0.2, 0.25) is 10.0 Å². The Balaban J connectivity index is 2.19. The van der Waals surface area contributed by atoms with Crippen LogP contribution in [0.25, 0.3) is 22.6 Å². The van der Waals surface area contributed by atoms with E-state index in [-0.39, 0.29) is 6.61 Å². The van der Waals surface area contributed by atoms with Crippen LogP contribution in [0.5, 0.6) is 11.5 Å². The molecule has 130 valence electrons. The predicted molar refractivity (Wildman–Crippen MR) is 96.4 cm³/mol. The molecular formula is C18H15Cl2NO4. The maximum Gasteiger partial charge on any atom is 0.176 e. The first kappa shape index (κ1) is 17.6. The smallest absolute Gasteiger partial charge is 0.176 e. The third-order valence-electron chi connectivity index (χ3n) is 3.78. The maximum atomic E-state index is 9.91. The molecule has 0 amide bonds. The van der Waals surface area contributed by atoms with Gasteiger partial charge in [0.1, 0.15) is 17.2 Å². The van der Waals surface area contributed by atoms with Crippen LogP contribution >= 0.6 is 23.2 Å². The van der Waals surface area contributed by atoms with Crippen molar-refractivity contribution in [1.82, 2.24) is 5.16 Å². The lowest BCUT2D eigenvalue weighted by molar-refractivity contribution is 0.281. The van der Waals surface area contributed by atoms with Crippen LogP contribution in [0, 0.1) is 0 Å². The highest BCUT2D eigenvalue weighted by Crippen LogP contribution is 2.40. The van der Waals surface area contributed by atoms with E-state index in [1.54, 1.807) is 50.6 Å². The number of ether oxygens (including phenoxy) is 2. The molecule has 2 aromatic carbocycles. The fourth-order valence-corrected chi connectivity index (χ4v) is 3.05. The number of rotatable bonds is 5. The van der Waals surface area contributed by atoms with Crippen LogP contribution in [0.15, 0.2) is 40.9 Å². The van der Waals surface area contributed by atoms with Crippen molar-refractivity contribution in [3.05, 3.63) is 52.0 Å². The largest absolute Gasteiger partial charge is 0.497 e. The minimum Gasteiger partial charge on any atom is -0.497 e. The topological polar surface area (TPSA) is 64.7 Å². The molecule has 0 unspecified atom stereocenters. The lowest BCUT2D eigenvalue weighted by Crippen LogP contribution is -1.93. The summed E-state index contributed by atoms with van der Waals surface area (Å²) in [5.74, 6) is 1.59. The van der Waals surface area contributed by atoms with Crippen molar-refractivity contribution in [1.29, 1.82) is 0 Å². The van der Waals surface area contributed by atoms with Crippen LogP contribution in [-0.4, -0.2) is 24.5 Å². The summed E-state index contributed by atoms with van der Waals surface area (Å²) in [7, 11) is 3.12. The molecule has 0 aliphatic rings. The molecule has 0 radical (unpaired) electrons. The standard InChI is InChI=1S/C18H15Cl2NO4/c1-23-11-4-6-16(24-2)13(8-11)18-14(9-22)17(21-25-18)12-5-3-10(19)7-15(12)20/h3-8,22H,9H2,1-2H3. The second-order valence-electron chi connectivity index (χ2n) is 5.19. The van der Waals surface area contributed by atoms with Crippen LogP contribution in [0.1, 0.15) is 5.56 Å². The van der Waals surface area contributed by atoms with E-state index in [2.05, 4.69) is 5.16 Å². The molecule has 0 aliphatic heterocycles. The maximum absolute atomic E-state index is 9.91. The van der Waals surface area contributed by atoms with E-state index in [0.29, 0.717) is 49.7 Å². The molecule has 0 aliphatic carbocycles. The van der Waals surface area contributed by atoms with Gasteiger partial charge in [-0.1, -0.05) is 28.4 Å². The first-order valence-corrected chi connectivity index (χ1v) is 8.11. The van der Waals surface area contributed by atoms with E-state index < -0.39 is 0 Å². The van der Waals surface area contributed by atoms with Crippen molar-refractivity contribution in [3.8, 4) is 34.1 Å². The zero-order valence-electron chi connectivity index (χ0n) is 13.5. The fraction of sp³-hybridized carbons (Fsp3) is 0.167. The zero-order chi connectivity index (χ0) is 18.0. The lowest BCUT2D eigenvalue weighted by Gasteiger charge is -2.09. The molecule has 0 saturated carbocycles. The summed E-state index contributed by atoms with van der Waals surface area (Å²) in [5, 5.41) is 14.9. The molecule has 0 fully saturated rings. The summed E-state index contributed by atoms with van der Waals surface area (Å²) in [6.45, 7) is -0.284. The van der Waals surface area contributed by atoms with E-state index in [1.807, 2.05) is 0 Å². The summed E-state index contributed by atoms with van der Waals surface area (Å²) in [4.78, 5) is 0. The highest BCUT2D eigenvalue weighted by molar-refractivity contribution is 6.36. The van der Waals surface area contributed by atoms with Crippen molar-refractivity contribution in [3.63, 3.8) is 0 Å². The summed E-state index contributed by atoms with van der Waals surface area (Å²) in [6.07, 6.45) is 0. The third kappa shape index (κ3) is 3.31. The number of aliphatic hydroxyl groups is 1. The molecule has 0 spiro atoms. The van der Waals surface area contributed by atoms with Crippen LogP contribution in [-0.2, 0) is 6.61 Å². The molecule has 1 heterocycles. The Bertz CT molecular complexity index is 908. The number of halogens is 2. The summed E-state index contributed by atoms with van der Waals surface area (Å²) in [5.41, 5.74) is 2.18. The van der Waals surface area contributed by atoms with Crippen molar-refractivity contribution >= 4 is 23.2 Å². The van der Waals surface area contributed by atoms with E-state index in [0.717, 1.165) is 0 Å². The average Bonchev–Trinajstić information content (AvgIpc) is 3.04. The molecule has 0 atom stereocenters. The molecule has 3 aromatic rings. The van der Waals surface area contributed by atoms with Crippen LogP contribution < -0.4 is 9.47 Å². The van der Waals surface area contributed by atoms with Gasteiger partial charge in [-0.2, -0.15) is 0 Å². The molecular weight excluding hydrogens is 365 g/mol. The third-order valence-corrected chi connectivity index (χ3v) is 4.33. The minimum absolute atomic E-state index is 0.284. The number of aliphatic hydroxyl groups excluding tert-OH is 1. The number of aromatic nitrogens is 1. The van der Waals surface area contributed by atoms with Gasteiger partial charge in [-0.15, -0.1) is 0 Å². The molecule has 7 heteroatoms. The molecule has 1 aromatic heterocycles. The minimum atomic E-state index is -0.284. The van der Waals surface area contributed by atoms with Crippen LogP contribution in [0.3, 0.4) is 0 Å². The number of nitrogens with zero attached hydrogens (tertiary/aromatic N) is 1. The number of hydrogen-bond donors (Lipinski definition) is 1. The van der Waals surface area contributed by atoms with Crippen molar-refractivity contribution in [2.75, 3.05) is 14.2 Å². The van der Waals surface area contributed by atoms with Gasteiger partial charge in [-0.05, 0) is 36.4 Å². The molecule has 0 saturated heterocycles. The van der Waals surface area contributed by atoms with Crippen molar-refractivity contribution in [2.45, 2.75) is 6.61 Å². The molecule has 25 heavy (non-hydrogen) atoms. The van der Waals surface area contributed by atoms with Crippen molar-refractivity contribution in [2.24, 2.45) is 0 Å². The second-order valence-corrected chi connectivity index (χ2v) is 6.03. The SMILES string of the molecule is COc1ccc(OC)c(-c2onc(-c3ccc(Cl)cc3Cl)c2CO)c1. The Labute approximate surface area is 154 Å². The number of benzene rings is 2. The monoisotopic (exact) mass is 379 g/mol. The van der Waals surface area contributed by atoms with Gasteiger partial charge in [0.15, 0.2) is 5.76 Å². The van der Waals surface area contributed by atoms with E-state index in [1.165, 1.54) is 0 Å². The Kier molecular flexibility index (Phi) is 5.18. The first-order chi connectivity index (χ1) is 12.1. The Hall–Kier alpha value is -2.21. The molecule has 0 bridgehead atoms. The van der Waals surface area contributed by atoms with Crippen molar-refractivity contribution < 1.29 is 19.1 Å². The number of methoxy groups -OCH3 is 2.